The number of aromatic nitrogens is 3. The highest BCUT2D eigenvalue weighted by Crippen LogP contribution is 2.38. The van der Waals surface area contributed by atoms with Gasteiger partial charge < -0.3 is 15.4 Å². The molecule has 3 aromatic rings. The maximum atomic E-state index is 13.4. The van der Waals surface area contributed by atoms with Crippen molar-refractivity contribution in [2.24, 2.45) is 0 Å². The van der Waals surface area contributed by atoms with Gasteiger partial charge in [0.2, 0.25) is 5.95 Å². The molecular formula is C22H22BrN5O2. The maximum absolute atomic E-state index is 13.4. The Bertz CT molecular complexity index is 1170. The normalized spacial score (nSPS) is 15.4. The number of benzene rings is 2. The Morgan fingerprint density at radius 3 is 2.70 bits per heavy atom. The first-order valence-electron chi connectivity index (χ1n) is 9.48. The predicted octanol–water partition coefficient (Wildman–Crippen LogP) is 4.59. The molecule has 2 heterocycles. The number of nitrogens with one attached hydrogen (secondary N) is 2. The summed E-state index contributed by atoms with van der Waals surface area (Å²) in [5.74, 6) is 1.12. The van der Waals surface area contributed by atoms with E-state index in [1.165, 1.54) is 6.33 Å². The molecule has 0 saturated heterocycles. The molecular weight excluding hydrogens is 446 g/mol. The Morgan fingerprint density at radius 1 is 1.20 bits per heavy atom. The standard InChI is InChI=1S/C22H22BrN5O2/c1-12-5-7-17(13(2)9-12)27-21(29)19-14(3)26-22-24-11-25-28(22)20(19)15-6-8-18(30-4)16(23)10-15/h5-11,20H,1-4H3,(H,27,29)(H,24,25,26)/t20-/m0/s1. The van der Waals surface area contributed by atoms with Crippen LogP contribution in [0.4, 0.5) is 11.6 Å². The van der Waals surface area contributed by atoms with E-state index in [0.29, 0.717) is 17.3 Å². The van der Waals surface area contributed by atoms with Crippen molar-refractivity contribution in [1.82, 2.24) is 14.8 Å². The molecule has 2 aromatic carbocycles. The van der Waals surface area contributed by atoms with E-state index in [4.69, 9.17) is 4.74 Å². The predicted molar refractivity (Wildman–Crippen MR) is 120 cm³/mol. The summed E-state index contributed by atoms with van der Waals surface area (Å²) in [5, 5.41) is 10.6. The fourth-order valence-electron chi connectivity index (χ4n) is 3.69. The van der Waals surface area contributed by atoms with Crippen molar-refractivity contribution in [3.8, 4) is 5.75 Å². The van der Waals surface area contributed by atoms with Gasteiger partial charge in [-0.25, -0.2) is 4.68 Å². The van der Waals surface area contributed by atoms with E-state index in [9.17, 15) is 4.79 Å². The second kappa shape index (κ2) is 7.95. The van der Waals surface area contributed by atoms with E-state index in [1.54, 1.807) is 11.8 Å². The smallest absolute Gasteiger partial charge is 0.255 e. The molecule has 0 aliphatic carbocycles. The molecule has 1 atom stereocenters. The number of amides is 1. The van der Waals surface area contributed by atoms with Crippen LogP contribution in [-0.2, 0) is 4.79 Å². The fraction of sp³-hybridized carbons (Fsp3) is 0.227. The Hall–Kier alpha value is -3.13. The van der Waals surface area contributed by atoms with Gasteiger partial charge in [-0.2, -0.15) is 10.1 Å². The van der Waals surface area contributed by atoms with Crippen LogP contribution in [0.5, 0.6) is 5.75 Å². The molecule has 0 fully saturated rings. The first-order valence-corrected chi connectivity index (χ1v) is 10.3. The number of carbonyl (C=O) groups excluding carboxylic acids is 1. The first-order chi connectivity index (χ1) is 14.4. The molecule has 1 aromatic heterocycles. The third-order valence-electron chi connectivity index (χ3n) is 5.16. The molecule has 0 bridgehead atoms. The number of aryl methyl sites for hydroxylation is 2. The minimum atomic E-state index is -0.434. The van der Waals surface area contributed by atoms with Crippen molar-refractivity contribution in [3.63, 3.8) is 0 Å². The molecule has 0 saturated carbocycles. The van der Waals surface area contributed by atoms with Crippen LogP contribution in [0.2, 0.25) is 0 Å². The Balaban J connectivity index is 1.77. The monoisotopic (exact) mass is 467 g/mol. The van der Waals surface area contributed by atoms with Crippen molar-refractivity contribution < 1.29 is 9.53 Å². The van der Waals surface area contributed by atoms with Crippen molar-refractivity contribution in [3.05, 3.63) is 75.2 Å². The summed E-state index contributed by atoms with van der Waals surface area (Å²) in [4.78, 5) is 17.7. The van der Waals surface area contributed by atoms with Crippen molar-refractivity contribution in [2.45, 2.75) is 26.8 Å². The lowest BCUT2D eigenvalue weighted by Crippen LogP contribution is -2.31. The Kier molecular flexibility index (Phi) is 5.34. The number of carbonyl (C=O) groups is 1. The molecule has 30 heavy (non-hydrogen) atoms. The van der Waals surface area contributed by atoms with Gasteiger partial charge in [0.25, 0.3) is 5.91 Å². The minimum Gasteiger partial charge on any atom is -0.496 e. The van der Waals surface area contributed by atoms with Gasteiger partial charge in [-0.3, -0.25) is 4.79 Å². The zero-order chi connectivity index (χ0) is 21.4. The number of hydrogen-bond acceptors (Lipinski definition) is 5. The second-order valence-electron chi connectivity index (χ2n) is 7.26. The lowest BCUT2D eigenvalue weighted by molar-refractivity contribution is -0.113. The van der Waals surface area contributed by atoms with Crippen LogP contribution in [0.1, 0.15) is 29.7 Å². The molecule has 0 radical (unpaired) electrons. The van der Waals surface area contributed by atoms with Gasteiger partial charge in [-0.1, -0.05) is 23.8 Å². The third kappa shape index (κ3) is 3.59. The lowest BCUT2D eigenvalue weighted by Gasteiger charge is -2.29. The van der Waals surface area contributed by atoms with Gasteiger partial charge in [0, 0.05) is 11.4 Å². The van der Waals surface area contributed by atoms with Crippen LogP contribution in [0.25, 0.3) is 0 Å². The summed E-state index contributed by atoms with van der Waals surface area (Å²) in [6.45, 7) is 5.89. The molecule has 1 aliphatic rings. The van der Waals surface area contributed by atoms with Crippen LogP contribution < -0.4 is 15.4 Å². The molecule has 1 aliphatic heterocycles. The van der Waals surface area contributed by atoms with E-state index in [-0.39, 0.29) is 5.91 Å². The highest BCUT2D eigenvalue weighted by molar-refractivity contribution is 9.10. The number of hydrogen-bond donors (Lipinski definition) is 2. The average Bonchev–Trinajstić information content (AvgIpc) is 3.16. The van der Waals surface area contributed by atoms with Gasteiger partial charge >= 0.3 is 0 Å². The van der Waals surface area contributed by atoms with E-state index in [0.717, 1.165) is 32.5 Å². The van der Waals surface area contributed by atoms with Crippen LogP contribution in [0, 0.1) is 13.8 Å². The second-order valence-corrected chi connectivity index (χ2v) is 8.12. The van der Waals surface area contributed by atoms with Crippen molar-refractivity contribution >= 4 is 33.5 Å². The van der Waals surface area contributed by atoms with Gasteiger partial charge in [0.1, 0.15) is 18.1 Å². The van der Waals surface area contributed by atoms with Gasteiger partial charge in [-0.05, 0) is 66.0 Å². The number of rotatable bonds is 4. The molecule has 2 N–H and O–H groups in total. The van der Waals surface area contributed by atoms with Crippen LogP contribution in [0.15, 0.2) is 58.5 Å². The third-order valence-corrected chi connectivity index (χ3v) is 5.78. The van der Waals surface area contributed by atoms with E-state index < -0.39 is 6.04 Å². The Morgan fingerprint density at radius 2 is 2.00 bits per heavy atom. The number of nitrogens with zero attached hydrogens (tertiary/aromatic N) is 3. The molecule has 154 valence electrons. The number of methoxy groups -OCH3 is 1. The van der Waals surface area contributed by atoms with Crippen molar-refractivity contribution in [1.29, 1.82) is 0 Å². The summed E-state index contributed by atoms with van der Waals surface area (Å²) in [7, 11) is 1.62. The number of ether oxygens (including phenoxy) is 1. The molecule has 4 rings (SSSR count). The first kappa shape index (κ1) is 20.2. The largest absolute Gasteiger partial charge is 0.496 e. The molecule has 0 spiro atoms. The number of halogens is 1. The molecule has 0 unspecified atom stereocenters. The maximum Gasteiger partial charge on any atom is 0.255 e. The SMILES string of the molecule is COc1ccc([C@H]2C(C(=O)Nc3ccc(C)cc3C)=C(C)Nc3ncnn32)cc1Br. The topological polar surface area (TPSA) is 81.1 Å². The quantitative estimate of drug-likeness (QED) is 0.586. The minimum absolute atomic E-state index is 0.190. The highest BCUT2D eigenvalue weighted by atomic mass is 79.9. The Labute approximate surface area is 183 Å². The number of fused-ring (bicyclic) bond motifs is 1. The van der Waals surface area contributed by atoms with Crippen LogP contribution in [0.3, 0.4) is 0 Å². The van der Waals surface area contributed by atoms with E-state index in [1.807, 2.05) is 57.2 Å². The summed E-state index contributed by atoms with van der Waals surface area (Å²) < 4.78 is 7.87. The summed E-state index contributed by atoms with van der Waals surface area (Å²) in [6, 6.07) is 11.3. The summed E-state index contributed by atoms with van der Waals surface area (Å²) in [5.41, 5.74) is 5.13. The molecule has 7 nitrogen and oxygen atoms in total. The van der Waals surface area contributed by atoms with Gasteiger partial charge in [0.05, 0.1) is 17.2 Å². The van der Waals surface area contributed by atoms with Gasteiger partial charge in [-0.15, -0.1) is 0 Å². The molecule has 8 heteroatoms. The number of anilines is 2. The zero-order valence-corrected chi connectivity index (χ0v) is 18.7. The molecule has 1 amide bonds. The lowest BCUT2D eigenvalue weighted by atomic mass is 9.94. The van der Waals surface area contributed by atoms with Gasteiger partial charge in [0.15, 0.2) is 0 Å². The number of allylic oxidation sites excluding steroid dienone is 1. The average molecular weight is 468 g/mol. The highest BCUT2D eigenvalue weighted by Gasteiger charge is 2.33. The zero-order valence-electron chi connectivity index (χ0n) is 17.2. The summed E-state index contributed by atoms with van der Waals surface area (Å²) in [6.07, 6.45) is 1.48. The van der Waals surface area contributed by atoms with Crippen LogP contribution in [-0.4, -0.2) is 27.8 Å². The van der Waals surface area contributed by atoms with Crippen molar-refractivity contribution in [2.75, 3.05) is 17.7 Å². The van der Waals surface area contributed by atoms with E-state index >= 15 is 0 Å². The van der Waals surface area contributed by atoms with E-state index in [2.05, 4.69) is 36.6 Å². The van der Waals surface area contributed by atoms with Crippen LogP contribution >= 0.6 is 15.9 Å². The fourth-order valence-corrected chi connectivity index (χ4v) is 4.25. The summed E-state index contributed by atoms with van der Waals surface area (Å²) >= 11 is 3.54.